The van der Waals surface area contributed by atoms with Crippen molar-refractivity contribution in [2.75, 3.05) is 13.7 Å². The second kappa shape index (κ2) is 9.34. The first-order chi connectivity index (χ1) is 18.3. The van der Waals surface area contributed by atoms with Gasteiger partial charge in [-0.05, 0) is 68.9 Å². The van der Waals surface area contributed by atoms with Gasteiger partial charge in [-0.3, -0.25) is 4.79 Å². The standard InChI is InChI=1S/C28H32N6O4/c1-16-6-9-20(30-28(36)37)15-33(16)27(35)19-11-21-24(23(13-19)38-3)32(2)26(31-21)22-12-18-5-4-10-29-25(18)34(22)14-17-7-8-17/h4-5,10-13,16-17,20,30H,6-9,14-15H2,1-3H3,(H,36,37)/t16-,20+/m0/s1. The minimum atomic E-state index is -1.07. The highest BCUT2D eigenvalue weighted by atomic mass is 16.5. The summed E-state index contributed by atoms with van der Waals surface area (Å²) in [5.41, 5.74) is 3.90. The van der Waals surface area contributed by atoms with Gasteiger partial charge in [0.25, 0.3) is 5.91 Å². The summed E-state index contributed by atoms with van der Waals surface area (Å²) in [5.74, 6) is 1.86. The van der Waals surface area contributed by atoms with Crippen molar-refractivity contribution >= 4 is 34.1 Å². The van der Waals surface area contributed by atoms with Crippen LogP contribution in [0.15, 0.2) is 36.5 Å². The number of carboxylic acid groups (broad SMARTS) is 1. The molecule has 10 nitrogen and oxygen atoms in total. The van der Waals surface area contributed by atoms with Gasteiger partial charge in [-0.2, -0.15) is 0 Å². The summed E-state index contributed by atoms with van der Waals surface area (Å²) < 4.78 is 10.0. The number of benzene rings is 1. The van der Waals surface area contributed by atoms with Gasteiger partial charge in [0.1, 0.15) is 16.9 Å². The van der Waals surface area contributed by atoms with Crippen LogP contribution in [-0.4, -0.2) is 66.8 Å². The molecule has 0 radical (unpaired) electrons. The number of pyridine rings is 1. The third-order valence-corrected chi connectivity index (χ3v) is 7.89. The molecule has 2 atom stereocenters. The van der Waals surface area contributed by atoms with E-state index < -0.39 is 6.09 Å². The van der Waals surface area contributed by atoms with Gasteiger partial charge in [0.2, 0.25) is 0 Å². The number of rotatable bonds is 6. The van der Waals surface area contributed by atoms with Crippen molar-refractivity contribution < 1.29 is 19.4 Å². The van der Waals surface area contributed by atoms with E-state index in [1.807, 2.05) is 36.9 Å². The Hall–Kier alpha value is -4.08. The fourth-order valence-electron chi connectivity index (χ4n) is 5.68. The molecule has 1 aliphatic carbocycles. The van der Waals surface area contributed by atoms with Crippen LogP contribution in [-0.2, 0) is 13.6 Å². The number of fused-ring (bicyclic) bond motifs is 2. The lowest BCUT2D eigenvalue weighted by Crippen LogP contribution is -2.52. The molecule has 1 saturated heterocycles. The lowest BCUT2D eigenvalue weighted by molar-refractivity contribution is 0.0589. The zero-order valence-electron chi connectivity index (χ0n) is 21.8. The molecule has 1 aromatic carbocycles. The molecule has 2 fully saturated rings. The number of imidazole rings is 1. The second-order valence-electron chi connectivity index (χ2n) is 10.6. The number of nitrogens with one attached hydrogen (secondary N) is 1. The predicted molar refractivity (Wildman–Crippen MR) is 143 cm³/mol. The molecule has 2 aliphatic rings. The number of hydrogen-bond donors (Lipinski definition) is 2. The van der Waals surface area contributed by atoms with Gasteiger partial charge in [0.05, 0.1) is 18.3 Å². The third kappa shape index (κ3) is 4.23. The summed E-state index contributed by atoms with van der Waals surface area (Å²) in [5, 5.41) is 12.8. The molecule has 2 amide bonds. The Balaban J connectivity index is 1.42. The van der Waals surface area contributed by atoms with Crippen molar-refractivity contribution in [3.8, 4) is 17.3 Å². The summed E-state index contributed by atoms with van der Waals surface area (Å²) in [7, 11) is 3.57. The van der Waals surface area contributed by atoms with E-state index in [1.165, 1.54) is 12.8 Å². The first-order valence-electron chi connectivity index (χ1n) is 13.1. The molecule has 4 aromatic rings. The number of nitrogens with zero attached hydrogens (tertiary/aromatic N) is 5. The molecule has 0 spiro atoms. The number of aromatic nitrogens is 4. The van der Waals surface area contributed by atoms with E-state index in [-0.39, 0.29) is 18.0 Å². The Labute approximate surface area is 220 Å². The summed E-state index contributed by atoms with van der Waals surface area (Å²) in [4.78, 5) is 36.2. The van der Waals surface area contributed by atoms with Crippen LogP contribution in [0.4, 0.5) is 4.79 Å². The number of likely N-dealkylation sites (tertiary alicyclic amines) is 1. The molecule has 0 unspecified atom stereocenters. The molecule has 10 heteroatoms. The monoisotopic (exact) mass is 516 g/mol. The zero-order chi connectivity index (χ0) is 26.6. The fraction of sp³-hybridized carbons (Fsp3) is 0.429. The van der Waals surface area contributed by atoms with E-state index in [9.17, 15) is 9.59 Å². The minimum absolute atomic E-state index is 0.000890. The highest BCUT2D eigenvalue weighted by Crippen LogP contribution is 2.37. The van der Waals surface area contributed by atoms with Gasteiger partial charge >= 0.3 is 6.09 Å². The maximum atomic E-state index is 13.7. The zero-order valence-corrected chi connectivity index (χ0v) is 21.8. The highest BCUT2D eigenvalue weighted by molar-refractivity contribution is 6.00. The van der Waals surface area contributed by atoms with Crippen LogP contribution in [0.2, 0.25) is 0 Å². The van der Waals surface area contributed by atoms with Gasteiger partial charge in [-0.15, -0.1) is 0 Å². The second-order valence-corrected chi connectivity index (χ2v) is 10.6. The van der Waals surface area contributed by atoms with Crippen LogP contribution in [0.25, 0.3) is 33.6 Å². The molecule has 2 N–H and O–H groups in total. The third-order valence-electron chi connectivity index (χ3n) is 7.89. The van der Waals surface area contributed by atoms with Crippen molar-refractivity contribution in [3.63, 3.8) is 0 Å². The number of hydrogen-bond acceptors (Lipinski definition) is 5. The molecule has 1 saturated carbocycles. The normalized spacial score (nSPS) is 19.7. The highest BCUT2D eigenvalue weighted by Gasteiger charge is 2.32. The van der Waals surface area contributed by atoms with Gasteiger partial charge in [0.15, 0.2) is 5.82 Å². The fourth-order valence-corrected chi connectivity index (χ4v) is 5.68. The van der Waals surface area contributed by atoms with Crippen LogP contribution in [0.3, 0.4) is 0 Å². The average Bonchev–Trinajstić information content (AvgIpc) is 3.57. The Morgan fingerprint density at radius 2 is 2.00 bits per heavy atom. The van der Waals surface area contributed by atoms with Gasteiger partial charge < -0.3 is 29.2 Å². The molecule has 38 heavy (non-hydrogen) atoms. The Bertz CT molecular complexity index is 1550. The SMILES string of the molecule is COc1cc(C(=O)N2C[C@H](NC(=O)O)CC[C@@H]2C)cc2nc(-c3cc4cccnc4n3CC3CC3)n(C)c12. The van der Waals surface area contributed by atoms with Crippen LogP contribution < -0.4 is 10.1 Å². The largest absolute Gasteiger partial charge is 0.494 e. The topological polar surface area (TPSA) is 115 Å². The summed E-state index contributed by atoms with van der Waals surface area (Å²) in [6.45, 7) is 3.23. The van der Waals surface area contributed by atoms with Crippen molar-refractivity contribution in [1.82, 2.24) is 29.3 Å². The van der Waals surface area contributed by atoms with Crippen LogP contribution >= 0.6 is 0 Å². The summed E-state index contributed by atoms with van der Waals surface area (Å²) >= 11 is 0. The first-order valence-corrected chi connectivity index (χ1v) is 13.1. The lowest BCUT2D eigenvalue weighted by atomic mass is 9.98. The maximum absolute atomic E-state index is 13.7. The molecule has 1 aliphatic heterocycles. The number of methoxy groups -OCH3 is 1. The summed E-state index contributed by atoms with van der Waals surface area (Å²) in [6, 6.07) is 9.44. The lowest BCUT2D eigenvalue weighted by Gasteiger charge is -2.38. The average molecular weight is 517 g/mol. The van der Waals surface area contributed by atoms with E-state index in [0.717, 1.165) is 41.0 Å². The van der Waals surface area contributed by atoms with Crippen LogP contribution in [0.5, 0.6) is 5.75 Å². The molecule has 6 rings (SSSR count). The number of aryl methyl sites for hydroxylation is 1. The minimum Gasteiger partial charge on any atom is -0.494 e. The van der Waals surface area contributed by atoms with Crippen molar-refractivity contribution in [2.45, 2.75) is 51.2 Å². The van der Waals surface area contributed by atoms with E-state index in [2.05, 4.69) is 27.0 Å². The van der Waals surface area contributed by atoms with Gasteiger partial charge in [-0.1, -0.05) is 0 Å². The van der Waals surface area contributed by atoms with E-state index in [4.69, 9.17) is 14.8 Å². The molecular weight excluding hydrogens is 484 g/mol. The van der Waals surface area contributed by atoms with Crippen molar-refractivity contribution in [3.05, 3.63) is 42.1 Å². The Morgan fingerprint density at radius 3 is 2.74 bits per heavy atom. The van der Waals surface area contributed by atoms with E-state index in [0.29, 0.717) is 35.7 Å². The summed E-state index contributed by atoms with van der Waals surface area (Å²) in [6.07, 6.45) is 4.63. The molecule has 4 heterocycles. The van der Waals surface area contributed by atoms with Crippen molar-refractivity contribution in [2.24, 2.45) is 13.0 Å². The number of piperidine rings is 1. The van der Waals surface area contributed by atoms with Crippen LogP contribution in [0.1, 0.15) is 43.0 Å². The predicted octanol–water partition coefficient (Wildman–Crippen LogP) is 4.27. The Morgan fingerprint density at radius 1 is 1.18 bits per heavy atom. The van der Waals surface area contributed by atoms with Gasteiger partial charge in [-0.25, -0.2) is 14.8 Å². The number of ether oxygens (including phenoxy) is 1. The molecule has 0 bridgehead atoms. The van der Waals surface area contributed by atoms with E-state index in [1.54, 1.807) is 18.1 Å². The smallest absolute Gasteiger partial charge is 0.404 e. The van der Waals surface area contributed by atoms with E-state index >= 15 is 0 Å². The number of carbonyl (C=O) groups excluding carboxylic acids is 1. The molecular formula is C28H32N6O4. The maximum Gasteiger partial charge on any atom is 0.404 e. The quantitative estimate of drug-likeness (QED) is 0.396. The Kier molecular flexibility index (Phi) is 5.97. The molecule has 198 valence electrons. The first kappa shape index (κ1) is 24.3. The van der Waals surface area contributed by atoms with Gasteiger partial charge in [0, 0.05) is 49.4 Å². The number of amides is 2. The van der Waals surface area contributed by atoms with Crippen LogP contribution in [0, 0.1) is 5.92 Å². The number of carbonyl (C=O) groups is 2. The van der Waals surface area contributed by atoms with Crippen molar-refractivity contribution in [1.29, 1.82) is 0 Å². The molecule has 3 aromatic heterocycles.